The number of carbonyl (C=O) groups is 1. The zero-order valence-electron chi connectivity index (χ0n) is 8.82. The van der Waals surface area contributed by atoms with Gasteiger partial charge >= 0.3 is 0 Å². The van der Waals surface area contributed by atoms with Crippen LogP contribution >= 0.6 is 15.9 Å². The van der Waals surface area contributed by atoms with Crippen LogP contribution in [0.25, 0.3) is 0 Å². The summed E-state index contributed by atoms with van der Waals surface area (Å²) in [6.45, 7) is 5.40. The Hall–Kier alpha value is -1.03. The van der Waals surface area contributed by atoms with Crippen LogP contribution in [0.2, 0.25) is 0 Å². The molecule has 0 N–H and O–H groups in total. The topological polar surface area (TPSA) is 17.1 Å². The van der Waals surface area contributed by atoms with Crippen molar-refractivity contribution < 1.29 is 13.6 Å². The molecule has 0 heterocycles. The zero-order valence-corrected chi connectivity index (χ0v) is 10.4. The van der Waals surface area contributed by atoms with Gasteiger partial charge in [0.15, 0.2) is 5.78 Å². The number of Topliss-reactive ketones (excluding diaryl/α,β-unsaturated/α-hetero) is 1. The van der Waals surface area contributed by atoms with Gasteiger partial charge in [-0.15, -0.1) is 6.58 Å². The summed E-state index contributed by atoms with van der Waals surface area (Å²) in [6, 6.07) is 2.16. The van der Waals surface area contributed by atoms with Crippen molar-refractivity contribution >= 4 is 21.7 Å². The van der Waals surface area contributed by atoms with Gasteiger partial charge in [-0.3, -0.25) is 4.79 Å². The van der Waals surface area contributed by atoms with E-state index in [0.29, 0.717) is 6.42 Å². The number of rotatable bonds is 4. The van der Waals surface area contributed by atoms with E-state index in [2.05, 4.69) is 22.5 Å². The molecule has 16 heavy (non-hydrogen) atoms. The number of carbonyl (C=O) groups excluding carboxylic acids is 1. The van der Waals surface area contributed by atoms with Crippen LogP contribution in [0, 0.1) is 11.6 Å². The van der Waals surface area contributed by atoms with E-state index in [1.165, 1.54) is 0 Å². The molecule has 86 valence electrons. The van der Waals surface area contributed by atoms with Gasteiger partial charge in [0.05, 0.1) is 5.56 Å². The van der Waals surface area contributed by atoms with Gasteiger partial charge in [0.2, 0.25) is 0 Å². The molecule has 4 heteroatoms. The summed E-state index contributed by atoms with van der Waals surface area (Å²) < 4.78 is 27.0. The van der Waals surface area contributed by atoms with Gasteiger partial charge in [0.25, 0.3) is 0 Å². The lowest BCUT2D eigenvalue weighted by molar-refractivity contribution is 0.0974. The Morgan fingerprint density at radius 3 is 2.25 bits per heavy atom. The number of hydrogen-bond donors (Lipinski definition) is 0. The third-order valence-corrected chi connectivity index (χ3v) is 2.52. The monoisotopic (exact) mass is 288 g/mol. The average molecular weight is 289 g/mol. The summed E-state index contributed by atoms with van der Waals surface area (Å²) in [7, 11) is 0. The third kappa shape index (κ3) is 3.23. The number of allylic oxidation sites excluding steroid dienone is 1. The first-order chi connectivity index (χ1) is 7.41. The standard InChI is InChI=1S/C12H11BrF2O/c1-7(2)3-4-11(16)12-9(14)5-8(13)6-10(12)15/h5-6H,1,3-4H2,2H3. The first-order valence-electron chi connectivity index (χ1n) is 4.74. The molecule has 0 atom stereocenters. The maximum Gasteiger partial charge on any atom is 0.169 e. The molecule has 1 aromatic rings. The highest BCUT2D eigenvalue weighted by molar-refractivity contribution is 9.10. The second kappa shape index (κ2) is 5.34. The number of halogens is 3. The van der Waals surface area contributed by atoms with E-state index in [1.54, 1.807) is 6.92 Å². The van der Waals surface area contributed by atoms with Crippen molar-refractivity contribution in [2.75, 3.05) is 0 Å². The predicted octanol–water partition coefficient (Wildman–Crippen LogP) is 4.27. The van der Waals surface area contributed by atoms with E-state index in [1.807, 2.05) is 0 Å². The zero-order chi connectivity index (χ0) is 12.3. The predicted molar refractivity (Wildman–Crippen MR) is 62.4 cm³/mol. The molecule has 1 nitrogen and oxygen atoms in total. The quantitative estimate of drug-likeness (QED) is 0.597. The van der Waals surface area contributed by atoms with Gasteiger partial charge in [0.1, 0.15) is 11.6 Å². The lowest BCUT2D eigenvalue weighted by atomic mass is 10.0. The molecule has 1 aromatic carbocycles. The molecule has 0 aromatic heterocycles. The largest absolute Gasteiger partial charge is 0.294 e. The number of benzene rings is 1. The van der Waals surface area contributed by atoms with Gasteiger partial charge in [0, 0.05) is 10.9 Å². The minimum atomic E-state index is -0.835. The van der Waals surface area contributed by atoms with Crippen LogP contribution in [0.15, 0.2) is 28.8 Å². The van der Waals surface area contributed by atoms with Gasteiger partial charge < -0.3 is 0 Å². The molecule has 0 saturated heterocycles. The maximum absolute atomic E-state index is 13.4. The molecule has 0 spiro atoms. The molecular formula is C12H11BrF2O. The van der Waals surface area contributed by atoms with Crippen molar-refractivity contribution in [3.8, 4) is 0 Å². The molecule has 0 bridgehead atoms. The van der Waals surface area contributed by atoms with Gasteiger partial charge in [-0.2, -0.15) is 0 Å². The highest BCUT2D eigenvalue weighted by Gasteiger charge is 2.17. The van der Waals surface area contributed by atoms with Crippen molar-refractivity contribution in [2.24, 2.45) is 0 Å². The first kappa shape index (κ1) is 13.0. The maximum atomic E-state index is 13.4. The van der Waals surface area contributed by atoms with Crippen molar-refractivity contribution in [2.45, 2.75) is 19.8 Å². The summed E-state index contributed by atoms with van der Waals surface area (Å²) >= 11 is 2.95. The molecule has 0 aliphatic carbocycles. The summed E-state index contributed by atoms with van der Waals surface area (Å²) in [5, 5.41) is 0. The summed E-state index contributed by atoms with van der Waals surface area (Å²) in [5.74, 6) is -2.21. The van der Waals surface area contributed by atoms with Crippen molar-refractivity contribution in [1.82, 2.24) is 0 Å². The minimum Gasteiger partial charge on any atom is -0.294 e. The molecule has 0 amide bonds. The van der Waals surface area contributed by atoms with Crippen LogP contribution in [0.3, 0.4) is 0 Å². The third-order valence-electron chi connectivity index (χ3n) is 2.06. The Morgan fingerprint density at radius 1 is 1.31 bits per heavy atom. The minimum absolute atomic E-state index is 0.0742. The lowest BCUT2D eigenvalue weighted by Crippen LogP contribution is -2.06. The molecule has 0 unspecified atom stereocenters. The summed E-state index contributed by atoms with van der Waals surface area (Å²) in [4.78, 5) is 11.6. The Balaban J connectivity index is 2.95. The van der Waals surface area contributed by atoms with Crippen molar-refractivity contribution in [1.29, 1.82) is 0 Å². The van der Waals surface area contributed by atoms with Crippen LogP contribution in [0.4, 0.5) is 8.78 Å². The molecule has 0 aliphatic rings. The van der Waals surface area contributed by atoms with E-state index in [9.17, 15) is 13.6 Å². The Kier molecular flexibility index (Phi) is 4.35. The van der Waals surface area contributed by atoms with Crippen LogP contribution in [0.5, 0.6) is 0 Å². The highest BCUT2D eigenvalue weighted by atomic mass is 79.9. The first-order valence-corrected chi connectivity index (χ1v) is 5.53. The van der Waals surface area contributed by atoms with E-state index < -0.39 is 23.0 Å². The molecule has 0 saturated carbocycles. The van der Waals surface area contributed by atoms with Crippen LogP contribution < -0.4 is 0 Å². The summed E-state index contributed by atoms with van der Waals surface area (Å²) in [6.07, 6.45) is 0.512. The highest BCUT2D eigenvalue weighted by Crippen LogP contribution is 2.21. The van der Waals surface area contributed by atoms with Gasteiger partial charge in [-0.25, -0.2) is 8.78 Å². The second-order valence-corrected chi connectivity index (χ2v) is 4.54. The second-order valence-electron chi connectivity index (χ2n) is 3.62. The van der Waals surface area contributed by atoms with Crippen LogP contribution in [-0.4, -0.2) is 5.78 Å². The van der Waals surface area contributed by atoms with E-state index >= 15 is 0 Å². The lowest BCUT2D eigenvalue weighted by Gasteiger charge is -2.04. The molecule has 0 fully saturated rings. The smallest absolute Gasteiger partial charge is 0.169 e. The number of ketones is 1. The number of hydrogen-bond acceptors (Lipinski definition) is 1. The molecule has 0 radical (unpaired) electrons. The Morgan fingerprint density at radius 2 is 1.81 bits per heavy atom. The molecule has 1 rings (SSSR count). The fraction of sp³-hybridized carbons (Fsp3) is 0.250. The Bertz CT molecular complexity index is 418. The SMILES string of the molecule is C=C(C)CCC(=O)c1c(F)cc(Br)cc1F. The van der Waals surface area contributed by atoms with E-state index in [4.69, 9.17) is 0 Å². The normalized spacial score (nSPS) is 10.2. The van der Waals surface area contributed by atoms with Crippen LogP contribution in [0.1, 0.15) is 30.1 Å². The van der Waals surface area contributed by atoms with E-state index in [0.717, 1.165) is 17.7 Å². The Labute approximate surface area is 101 Å². The summed E-state index contributed by atoms with van der Waals surface area (Å²) in [5.41, 5.74) is 0.343. The van der Waals surface area contributed by atoms with Crippen molar-refractivity contribution in [3.05, 3.63) is 46.0 Å². The van der Waals surface area contributed by atoms with Crippen molar-refractivity contribution in [3.63, 3.8) is 0 Å². The fourth-order valence-corrected chi connectivity index (χ4v) is 1.66. The van der Waals surface area contributed by atoms with Crippen LogP contribution in [-0.2, 0) is 0 Å². The fourth-order valence-electron chi connectivity index (χ4n) is 1.26. The molecular weight excluding hydrogens is 278 g/mol. The molecule has 0 aliphatic heterocycles. The van der Waals surface area contributed by atoms with Gasteiger partial charge in [-0.05, 0) is 25.5 Å². The average Bonchev–Trinajstić information content (AvgIpc) is 2.12. The van der Waals surface area contributed by atoms with Gasteiger partial charge in [-0.1, -0.05) is 21.5 Å². The van der Waals surface area contributed by atoms with E-state index in [-0.39, 0.29) is 10.9 Å².